The quantitative estimate of drug-likeness (QED) is 0.636. The van der Waals surface area contributed by atoms with Crippen LogP contribution in [0.1, 0.15) is 11.1 Å². The molecule has 0 amide bonds. The Balaban J connectivity index is 2.11. The molecule has 0 heterocycles. The van der Waals surface area contributed by atoms with Gasteiger partial charge >= 0.3 is 0 Å². The third-order valence-electron chi connectivity index (χ3n) is 2.91. The molecular weight excluding hydrogens is 323 g/mol. The second kappa shape index (κ2) is 7.92. The summed E-state index contributed by atoms with van der Waals surface area (Å²) < 4.78 is 11.1. The number of hydrogen-bond acceptors (Lipinski definition) is 4. The van der Waals surface area contributed by atoms with Crippen LogP contribution in [0.2, 0.25) is 10.0 Å². The highest BCUT2D eigenvalue weighted by atomic mass is 35.5. The zero-order valence-electron chi connectivity index (χ0n) is 12.3. The number of hydrazone groups is 1. The van der Waals surface area contributed by atoms with Gasteiger partial charge in [0.1, 0.15) is 6.61 Å². The molecule has 0 radical (unpaired) electrons. The first-order valence-corrected chi connectivity index (χ1v) is 7.34. The van der Waals surface area contributed by atoms with Gasteiger partial charge in [0, 0.05) is 7.05 Å². The van der Waals surface area contributed by atoms with Gasteiger partial charge in [-0.3, -0.25) is 0 Å². The van der Waals surface area contributed by atoms with E-state index in [9.17, 15) is 0 Å². The molecule has 4 nitrogen and oxygen atoms in total. The number of benzene rings is 2. The molecule has 116 valence electrons. The van der Waals surface area contributed by atoms with Crippen molar-refractivity contribution in [2.24, 2.45) is 5.10 Å². The molecule has 0 aliphatic heterocycles. The van der Waals surface area contributed by atoms with Crippen molar-refractivity contribution in [2.45, 2.75) is 6.61 Å². The first-order chi connectivity index (χ1) is 10.6. The summed E-state index contributed by atoms with van der Waals surface area (Å²) in [5.41, 5.74) is 4.54. The Morgan fingerprint density at radius 3 is 2.59 bits per heavy atom. The molecule has 6 heteroatoms. The molecule has 0 saturated carbocycles. The number of rotatable bonds is 6. The van der Waals surface area contributed by atoms with E-state index in [0.717, 1.165) is 11.1 Å². The van der Waals surface area contributed by atoms with E-state index in [1.807, 2.05) is 24.3 Å². The molecule has 0 aliphatic carbocycles. The monoisotopic (exact) mass is 338 g/mol. The van der Waals surface area contributed by atoms with Crippen LogP contribution < -0.4 is 14.9 Å². The highest BCUT2D eigenvalue weighted by Crippen LogP contribution is 2.29. The smallest absolute Gasteiger partial charge is 0.161 e. The van der Waals surface area contributed by atoms with Crippen molar-refractivity contribution in [2.75, 3.05) is 14.2 Å². The Labute approximate surface area is 139 Å². The maximum atomic E-state index is 5.99. The van der Waals surface area contributed by atoms with Crippen LogP contribution in [-0.4, -0.2) is 20.4 Å². The van der Waals surface area contributed by atoms with Crippen molar-refractivity contribution in [3.8, 4) is 11.5 Å². The van der Waals surface area contributed by atoms with Gasteiger partial charge in [0.2, 0.25) is 0 Å². The molecule has 0 aliphatic rings. The summed E-state index contributed by atoms with van der Waals surface area (Å²) in [4.78, 5) is 0. The van der Waals surface area contributed by atoms with Gasteiger partial charge in [0.05, 0.1) is 23.4 Å². The van der Waals surface area contributed by atoms with E-state index in [0.29, 0.717) is 28.2 Å². The van der Waals surface area contributed by atoms with Gasteiger partial charge in [-0.2, -0.15) is 5.10 Å². The normalized spacial score (nSPS) is 10.7. The van der Waals surface area contributed by atoms with Gasteiger partial charge in [-0.1, -0.05) is 29.3 Å². The fraction of sp³-hybridized carbons (Fsp3) is 0.188. The van der Waals surface area contributed by atoms with E-state index in [4.69, 9.17) is 32.7 Å². The summed E-state index contributed by atoms with van der Waals surface area (Å²) in [6.07, 6.45) is 1.70. The van der Waals surface area contributed by atoms with Crippen LogP contribution >= 0.6 is 23.2 Å². The van der Waals surface area contributed by atoms with Crippen LogP contribution in [0.15, 0.2) is 41.5 Å². The van der Waals surface area contributed by atoms with Crippen LogP contribution in [0, 0.1) is 0 Å². The molecule has 0 spiro atoms. The van der Waals surface area contributed by atoms with Gasteiger partial charge in [0.15, 0.2) is 11.5 Å². The van der Waals surface area contributed by atoms with Crippen LogP contribution in [0.4, 0.5) is 0 Å². The van der Waals surface area contributed by atoms with Gasteiger partial charge < -0.3 is 14.9 Å². The lowest BCUT2D eigenvalue weighted by Crippen LogP contribution is -1.99. The molecule has 2 aromatic rings. The number of hydrogen-bond donors (Lipinski definition) is 1. The molecule has 0 atom stereocenters. The zero-order valence-corrected chi connectivity index (χ0v) is 13.8. The van der Waals surface area contributed by atoms with E-state index in [1.54, 1.807) is 32.5 Å². The van der Waals surface area contributed by atoms with Gasteiger partial charge in [0.25, 0.3) is 0 Å². The molecule has 22 heavy (non-hydrogen) atoms. The number of ether oxygens (including phenoxy) is 2. The van der Waals surface area contributed by atoms with Crippen LogP contribution in [0.5, 0.6) is 11.5 Å². The highest BCUT2D eigenvalue weighted by molar-refractivity contribution is 6.42. The fourth-order valence-electron chi connectivity index (χ4n) is 1.81. The Bertz CT molecular complexity index is 675. The first kappa shape index (κ1) is 16.5. The molecule has 2 rings (SSSR count). The summed E-state index contributed by atoms with van der Waals surface area (Å²) in [6, 6.07) is 11.0. The molecule has 0 aromatic heterocycles. The predicted octanol–water partition coefficient (Wildman–Crippen LogP) is 4.13. The summed E-state index contributed by atoms with van der Waals surface area (Å²) in [5, 5.41) is 4.99. The van der Waals surface area contributed by atoms with Gasteiger partial charge in [-0.25, -0.2) is 0 Å². The molecule has 2 aromatic carbocycles. The second-order valence-electron chi connectivity index (χ2n) is 4.43. The summed E-state index contributed by atoms with van der Waals surface area (Å²) in [5.74, 6) is 1.29. The van der Waals surface area contributed by atoms with E-state index < -0.39 is 0 Å². The number of nitrogens with one attached hydrogen (secondary N) is 1. The molecular formula is C16H16Cl2N2O2. The van der Waals surface area contributed by atoms with Crippen LogP contribution in [-0.2, 0) is 6.61 Å². The second-order valence-corrected chi connectivity index (χ2v) is 5.24. The fourth-order valence-corrected chi connectivity index (χ4v) is 2.13. The maximum absolute atomic E-state index is 5.99. The minimum absolute atomic E-state index is 0.372. The SMILES string of the molecule is CN/N=C/c1ccc(OCc2ccc(Cl)c(Cl)c2)c(OC)c1. The average molecular weight is 339 g/mol. The summed E-state index contributed by atoms with van der Waals surface area (Å²) >= 11 is 11.9. The van der Waals surface area contributed by atoms with E-state index in [1.165, 1.54) is 0 Å². The molecule has 1 N–H and O–H groups in total. The van der Waals surface area contributed by atoms with Crippen molar-refractivity contribution in [3.05, 3.63) is 57.6 Å². The van der Waals surface area contributed by atoms with Crippen LogP contribution in [0.25, 0.3) is 0 Å². The third-order valence-corrected chi connectivity index (χ3v) is 3.65. The summed E-state index contributed by atoms with van der Waals surface area (Å²) in [6.45, 7) is 0.372. The Morgan fingerprint density at radius 2 is 1.91 bits per heavy atom. The van der Waals surface area contributed by atoms with Crippen molar-refractivity contribution >= 4 is 29.4 Å². The first-order valence-electron chi connectivity index (χ1n) is 6.58. The Hall–Kier alpha value is -1.91. The molecule has 0 saturated heterocycles. The largest absolute Gasteiger partial charge is 0.493 e. The van der Waals surface area contributed by atoms with Crippen molar-refractivity contribution in [1.29, 1.82) is 0 Å². The van der Waals surface area contributed by atoms with E-state index >= 15 is 0 Å². The van der Waals surface area contributed by atoms with Gasteiger partial charge in [-0.05, 0) is 41.5 Å². The predicted molar refractivity (Wildman–Crippen MR) is 90.4 cm³/mol. The number of nitrogens with zero attached hydrogens (tertiary/aromatic N) is 1. The van der Waals surface area contributed by atoms with Crippen molar-refractivity contribution in [1.82, 2.24) is 5.43 Å². The zero-order chi connectivity index (χ0) is 15.9. The number of methoxy groups -OCH3 is 1. The molecule has 0 unspecified atom stereocenters. The highest BCUT2D eigenvalue weighted by Gasteiger charge is 2.06. The number of halogens is 2. The maximum Gasteiger partial charge on any atom is 0.161 e. The lowest BCUT2D eigenvalue weighted by Gasteiger charge is -2.11. The van der Waals surface area contributed by atoms with Crippen molar-refractivity contribution in [3.63, 3.8) is 0 Å². The third kappa shape index (κ3) is 4.29. The summed E-state index contributed by atoms with van der Waals surface area (Å²) in [7, 11) is 3.34. The van der Waals surface area contributed by atoms with Crippen molar-refractivity contribution < 1.29 is 9.47 Å². The lowest BCUT2D eigenvalue weighted by atomic mass is 10.2. The molecule has 0 fully saturated rings. The molecule has 0 bridgehead atoms. The Morgan fingerprint density at radius 1 is 1.09 bits per heavy atom. The van der Waals surface area contributed by atoms with Gasteiger partial charge in [-0.15, -0.1) is 0 Å². The van der Waals surface area contributed by atoms with E-state index in [2.05, 4.69) is 10.5 Å². The Kier molecular flexibility index (Phi) is 5.92. The minimum Gasteiger partial charge on any atom is -0.493 e. The standard InChI is InChI=1S/C16H16Cl2N2O2/c1-19-20-9-11-4-6-15(16(8-11)21-2)22-10-12-3-5-13(17)14(18)7-12/h3-9,19H,10H2,1-2H3/b20-9+. The minimum atomic E-state index is 0.372. The van der Waals surface area contributed by atoms with Crippen LogP contribution in [0.3, 0.4) is 0 Å². The lowest BCUT2D eigenvalue weighted by molar-refractivity contribution is 0.284. The van der Waals surface area contributed by atoms with E-state index in [-0.39, 0.29) is 0 Å². The topological polar surface area (TPSA) is 42.9 Å². The average Bonchev–Trinajstić information content (AvgIpc) is 2.54.